The lowest BCUT2D eigenvalue weighted by atomic mass is 10.1. The fraction of sp³-hybridized carbons (Fsp3) is 0.333. The maximum Gasteiger partial charge on any atom is 0.121 e. The standard InChI is InChI=1S/C12H14ClNOS/c1-8-3-5-11(15-8)10(14-2)7-9-4-6-12(13)16-9/h3-6,10,14H,7H2,1-2H3. The van der Waals surface area contributed by atoms with Gasteiger partial charge in [0.2, 0.25) is 0 Å². The van der Waals surface area contributed by atoms with Gasteiger partial charge in [0.25, 0.3) is 0 Å². The zero-order valence-corrected chi connectivity index (χ0v) is 10.9. The van der Waals surface area contributed by atoms with E-state index < -0.39 is 0 Å². The minimum absolute atomic E-state index is 0.211. The molecular weight excluding hydrogens is 242 g/mol. The van der Waals surface area contributed by atoms with E-state index in [1.54, 1.807) is 11.3 Å². The molecule has 2 aromatic rings. The molecule has 0 aliphatic rings. The largest absolute Gasteiger partial charge is 0.465 e. The number of hydrogen-bond donors (Lipinski definition) is 1. The molecule has 16 heavy (non-hydrogen) atoms. The van der Waals surface area contributed by atoms with Gasteiger partial charge in [-0.1, -0.05) is 11.6 Å². The summed E-state index contributed by atoms with van der Waals surface area (Å²) in [5, 5.41) is 3.26. The van der Waals surface area contributed by atoms with Gasteiger partial charge in [-0.3, -0.25) is 0 Å². The molecule has 0 spiro atoms. The first kappa shape index (κ1) is 11.7. The number of likely N-dealkylation sites (N-methyl/N-ethyl adjacent to an activating group) is 1. The summed E-state index contributed by atoms with van der Waals surface area (Å²) < 4.78 is 6.46. The molecule has 2 aromatic heterocycles. The highest BCUT2D eigenvalue weighted by Gasteiger charge is 2.14. The van der Waals surface area contributed by atoms with Gasteiger partial charge in [-0.05, 0) is 38.2 Å². The van der Waals surface area contributed by atoms with Crippen molar-refractivity contribution in [2.24, 2.45) is 0 Å². The van der Waals surface area contributed by atoms with Crippen molar-refractivity contribution in [2.45, 2.75) is 19.4 Å². The molecule has 2 nitrogen and oxygen atoms in total. The summed E-state index contributed by atoms with van der Waals surface area (Å²) in [5.41, 5.74) is 0. The van der Waals surface area contributed by atoms with Crippen molar-refractivity contribution >= 4 is 22.9 Å². The number of rotatable bonds is 4. The predicted molar refractivity (Wildman–Crippen MR) is 68.3 cm³/mol. The fourth-order valence-electron chi connectivity index (χ4n) is 1.65. The first-order valence-corrected chi connectivity index (χ1v) is 6.36. The van der Waals surface area contributed by atoms with Crippen LogP contribution in [0.25, 0.3) is 0 Å². The molecule has 86 valence electrons. The Hall–Kier alpha value is -0.770. The molecule has 0 bridgehead atoms. The van der Waals surface area contributed by atoms with Crippen molar-refractivity contribution in [1.82, 2.24) is 5.32 Å². The van der Waals surface area contributed by atoms with Gasteiger partial charge in [0.05, 0.1) is 10.4 Å². The van der Waals surface area contributed by atoms with Crippen LogP contribution in [0.15, 0.2) is 28.7 Å². The number of thiophene rings is 1. The third-order valence-corrected chi connectivity index (χ3v) is 3.74. The number of aryl methyl sites for hydroxylation is 1. The van der Waals surface area contributed by atoms with E-state index >= 15 is 0 Å². The van der Waals surface area contributed by atoms with E-state index in [-0.39, 0.29) is 6.04 Å². The summed E-state index contributed by atoms with van der Waals surface area (Å²) >= 11 is 7.53. The van der Waals surface area contributed by atoms with E-state index in [2.05, 4.69) is 11.4 Å². The summed E-state index contributed by atoms with van der Waals surface area (Å²) in [4.78, 5) is 1.26. The SMILES string of the molecule is CNC(Cc1ccc(Cl)s1)c1ccc(C)o1. The highest BCUT2D eigenvalue weighted by atomic mass is 35.5. The molecule has 0 aromatic carbocycles. The average molecular weight is 256 g/mol. The lowest BCUT2D eigenvalue weighted by molar-refractivity contribution is 0.416. The Balaban J connectivity index is 2.12. The molecule has 0 radical (unpaired) electrons. The molecule has 0 aliphatic carbocycles. The molecule has 0 fully saturated rings. The van der Waals surface area contributed by atoms with E-state index in [1.807, 2.05) is 32.2 Å². The van der Waals surface area contributed by atoms with Crippen LogP contribution in [-0.4, -0.2) is 7.05 Å². The van der Waals surface area contributed by atoms with Crippen LogP contribution in [0.5, 0.6) is 0 Å². The lowest BCUT2D eigenvalue weighted by Crippen LogP contribution is -2.17. The second-order valence-electron chi connectivity index (χ2n) is 3.70. The third-order valence-electron chi connectivity index (χ3n) is 2.49. The van der Waals surface area contributed by atoms with Gasteiger partial charge in [-0.25, -0.2) is 0 Å². The van der Waals surface area contributed by atoms with Crippen LogP contribution in [0.1, 0.15) is 22.4 Å². The zero-order valence-electron chi connectivity index (χ0n) is 9.29. The van der Waals surface area contributed by atoms with Crippen LogP contribution in [-0.2, 0) is 6.42 Å². The maximum atomic E-state index is 5.91. The normalized spacial score (nSPS) is 12.9. The fourth-order valence-corrected chi connectivity index (χ4v) is 2.78. The van der Waals surface area contributed by atoms with Crippen LogP contribution in [0, 0.1) is 6.92 Å². The number of halogens is 1. The van der Waals surface area contributed by atoms with Gasteiger partial charge in [0, 0.05) is 11.3 Å². The summed E-state index contributed by atoms with van der Waals surface area (Å²) in [6, 6.07) is 8.21. The molecule has 4 heteroatoms. The second-order valence-corrected chi connectivity index (χ2v) is 5.50. The van der Waals surface area contributed by atoms with Crippen LogP contribution in [0.3, 0.4) is 0 Å². The summed E-state index contributed by atoms with van der Waals surface area (Å²) in [6.07, 6.45) is 0.904. The molecule has 1 unspecified atom stereocenters. The van der Waals surface area contributed by atoms with Crippen LogP contribution in [0.4, 0.5) is 0 Å². The van der Waals surface area contributed by atoms with E-state index in [4.69, 9.17) is 16.0 Å². The molecule has 0 amide bonds. The summed E-state index contributed by atoms with van der Waals surface area (Å²) in [6.45, 7) is 1.96. The number of hydrogen-bond acceptors (Lipinski definition) is 3. The van der Waals surface area contributed by atoms with Crippen molar-refractivity contribution in [3.63, 3.8) is 0 Å². The van der Waals surface area contributed by atoms with E-state index in [0.29, 0.717) is 0 Å². The molecule has 2 rings (SSSR count). The minimum atomic E-state index is 0.211. The van der Waals surface area contributed by atoms with Gasteiger partial charge in [0.1, 0.15) is 11.5 Å². The molecule has 0 aliphatic heterocycles. The second kappa shape index (κ2) is 5.04. The third kappa shape index (κ3) is 2.67. The molecule has 0 saturated heterocycles. The van der Waals surface area contributed by atoms with E-state index in [0.717, 1.165) is 22.3 Å². The molecule has 1 N–H and O–H groups in total. The number of nitrogens with one attached hydrogen (secondary N) is 1. The first-order valence-electron chi connectivity index (χ1n) is 5.17. The molecule has 1 atom stereocenters. The molecular formula is C12H14ClNOS. The quantitative estimate of drug-likeness (QED) is 0.899. The smallest absolute Gasteiger partial charge is 0.121 e. The average Bonchev–Trinajstić information content (AvgIpc) is 2.84. The number of furan rings is 1. The molecule has 2 heterocycles. The Bertz CT molecular complexity index is 463. The Morgan fingerprint density at radius 3 is 2.69 bits per heavy atom. The van der Waals surface area contributed by atoms with Crippen molar-refractivity contribution in [3.8, 4) is 0 Å². The van der Waals surface area contributed by atoms with Crippen molar-refractivity contribution in [1.29, 1.82) is 0 Å². The summed E-state index contributed by atoms with van der Waals surface area (Å²) in [7, 11) is 1.94. The first-order chi connectivity index (χ1) is 7.69. The van der Waals surface area contributed by atoms with Gasteiger partial charge < -0.3 is 9.73 Å². The van der Waals surface area contributed by atoms with Crippen molar-refractivity contribution in [3.05, 3.63) is 45.0 Å². The topological polar surface area (TPSA) is 25.2 Å². The van der Waals surface area contributed by atoms with Crippen molar-refractivity contribution in [2.75, 3.05) is 7.05 Å². The zero-order chi connectivity index (χ0) is 11.5. The van der Waals surface area contributed by atoms with Gasteiger partial charge in [0.15, 0.2) is 0 Å². The highest BCUT2D eigenvalue weighted by molar-refractivity contribution is 7.16. The van der Waals surface area contributed by atoms with Crippen LogP contribution < -0.4 is 5.32 Å². The predicted octanol–water partition coefficient (Wildman–Crippen LogP) is 3.81. The van der Waals surface area contributed by atoms with Crippen molar-refractivity contribution < 1.29 is 4.42 Å². The Labute approximate surface area is 104 Å². The summed E-state index contributed by atoms with van der Waals surface area (Å²) in [5.74, 6) is 1.92. The van der Waals surface area contributed by atoms with Gasteiger partial charge >= 0.3 is 0 Å². The van der Waals surface area contributed by atoms with E-state index in [9.17, 15) is 0 Å². The molecule has 0 saturated carbocycles. The Kier molecular flexibility index (Phi) is 3.69. The monoisotopic (exact) mass is 255 g/mol. The van der Waals surface area contributed by atoms with E-state index in [1.165, 1.54) is 4.88 Å². The minimum Gasteiger partial charge on any atom is -0.465 e. The van der Waals surface area contributed by atoms with Gasteiger partial charge in [-0.15, -0.1) is 11.3 Å². The lowest BCUT2D eigenvalue weighted by Gasteiger charge is -2.12. The Morgan fingerprint density at radius 2 is 2.19 bits per heavy atom. The van der Waals surface area contributed by atoms with Gasteiger partial charge in [-0.2, -0.15) is 0 Å². The highest BCUT2D eigenvalue weighted by Crippen LogP contribution is 2.27. The van der Waals surface area contributed by atoms with Crippen LogP contribution in [0.2, 0.25) is 4.34 Å². The maximum absolute atomic E-state index is 5.91. The Morgan fingerprint density at radius 1 is 1.38 bits per heavy atom. The van der Waals surface area contributed by atoms with Crippen LogP contribution >= 0.6 is 22.9 Å².